The van der Waals surface area contributed by atoms with E-state index in [1.165, 1.54) is 161 Å². The highest BCUT2D eigenvalue weighted by Gasteiger charge is 2.19. The Balaban J connectivity index is 4.32. The first-order valence-electron chi connectivity index (χ1n) is 26.3. The summed E-state index contributed by atoms with van der Waals surface area (Å²) >= 11 is 0. The van der Waals surface area contributed by atoms with Gasteiger partial charge in [-0.2, -0.15) is 0 Å². The molecule has 0 aliphatic rings. The van der Waals surface area contributed by atoms with Crippen LogP contribution >= 0.6 is 0 Å². The van der Waals surface area contributed by atoms with Gasteiger partial charge in [0.05, 0.1) is 0 Å². The van der Waals surface area contributed by atoms with Gasteiger partial charge in [0.2, 0.25) is 0 Å². The Hall–Kier alpha value is -2.11. The van der Waals surface area contributed by atoms with E-state index >= 15 is 0 Å². The van der Waals surface area contributed by atoms with Gasteiger partial charge >= 0.3 is 17.9 Å². The molecule has 352 valence electrons. The van der Waals surface area contributed by atoms with Crippen LogP contribution in [0.4, 0.5) is 0 Å². The van der Waals surface area contributed by atoms with Gasteiger partial charge in [-0.15, -0.1) is 0 Å². The molecule has 0 aromatic carbocycles. The fourth-order valence-corrected chi connectivity index (χ4v) is 7.65. The number of ether oxygens (including phenoxy) is 3. The molecule has 6 heteroatoms. The zero-order chi connectivity index (χ0) is 43.7. The van der Waals surface area contributed by atoms with Gasteiger partial charge < -0.3 is 14.2 Å². The average Bonchev–Trinajstić information content (AvgIpc) is 3.24. The largest absolute Gasteiger partial charge is 0.462 e. The van der Waals surface area contributed by atoms with Crippen molar-refractivity contribution in [2.24, 2.45) is 0 Å². The number of carbonyl (C=O) groups excluding carboxylic acids is 3. The normalized spacial score (nSPS) is 12.1. The molecule has 0 saturated heterocycles. The molecule has 0 spiro atoms. The lowest BCUT2D eigenvalue weighted by Gasteiger charge is -2.18. The second-order valence-electron chi connectivity index (χ2n) is 17.8. The van der Waals surface area contributed by atoms with Crippen molar-refractivity contribution in [3.8, 4) is 0 Å². The highest BCUT2D eigenvalue weighted by atomic mass is 16.6. The number of hydrogen-bond acceptors (Lipinski definition) is 6. The van der Waals surface area contributed by atoms with Crippen molar-refractivity contribution in [2.75, 3.05) is 13.2 Å². The van der Waals surface area contributed by atoms with Gasteiger partial charge in [-0.3, -0.25) is 14.4 Å². The molecule has 0 radical (unpaired) electrons. The maximum Gasteiger partial charge on any atom is 0.306 e. The average molecular weight is 845 g/mol. The van der Waals surface area contributed by atoms with E-state index in [1.807, 2.05) is 0 Å². The summed E-state index contributed by atoms with van der Waals surface area (Å²) in [7, 11) is 0. The van der Waals surface area contributed by atoms with E-state index in [0.717, 1.165) is 83.5 Å². The van der Waals surface area contributed by atoms with Gasteiger partial charge in [0.1, 0.15) is 13.2 Å². The molecule has 0 aliphatic heterocycles. The molecule has 0 fully saturated rings. The molecule has 0 N–H and O–H groups in total. The molecule has 0 aliphatic carbocycles. The van der Waals surface area contributed by atoms with Crippen molar-refractivity contribution < 1.29 is 28.6 Å². The smallest absolute Gasteiger partial charge is 0.306 e. The summed E-state index contributed by atoms with van der Waals surface area (Å²) in [6, 6.07) is 0. The Labute approximate surface area is 373 Å². The van der Waals surface area contributed by atoms with E-state index in [9.17, 15) is 14.4 Å². The van der Waals surface area contributed by atoms with Crippen LogP contribution < -0.4 is 0 Å². The topological polar surface area (TPSA) is 78.9 Å². The predicted octanol–water partition coefficient (Wildman–Crippen LogP) is 17.2. The zero-order valence-electron chi connectivity index (χ0n) is 40.2. The lowest BCUT2D eigenvalue weighted by atomic mass is 10.0. The number of allylic oxidation sites excluding steroid dienone is 4. The molecule has 6 nitrogen and oxygen atoms in total. The number of hydrogen-bond donors (Lipinski definition) is 0. The number of unbranched alkanes of at least 4 members (excludes halogenated alkanes) is 33. The minimum absolute atomic E-state index is 0.0756. The quantitative estimate of drug-likeness (QED) is 0.0263. The van der Waals surface area contributed by atoms with Gasteiger partial charge in [0.15, 0.2) is 6.10 Å². The molecular weight excluding hydrogens is 745 g/mol. The second kappa shape index (κ2) is 49.5. The van der Waals surface area contributed by atoms with E-state index in [0.29, 0.717) is 19.3 Å². The highest BCUT2D eigenvalue weighted by Crippen LogP contribution is 2.16. The number of rotatable bonds is 48. The van der Waals surface area contributed by atoms with Crippen LogP contribution in [0.3, 0.4) is 0 Å². The minimum Gasteiger partial charge on any atom is -0.462 e. The van der Waals surface area contributed by atoms with Gasteiger partial charge in [0, 0.05) is 19.3 Å². The highest BCUT2D eigenvalue weighted by molar-refractivity contribution is 5.71. The summed E-state index contributed by atoms with van der Waals surface area (Å²) in [4.78, 5) is 37.9. The van der Waals surface area contributed by atoms with Crippen LogP contribution in [0.1, 0.15) is 284 Å². The molecule has 0 aromatic heterocycles. The fraction of sp³-hybridized carbons (Fsp3) is 0.870. The third-order valence-corrected chi connectivity index (χ3v) is 11.7. The number of esters is 3. The van der Waals surface area contributed by atoms with Gasteiger partial charge in [-0.25, -0.2) is 0 Å². The summed E-state index contributed by atoms with van der Waals surface area (Å²) in [5, 5.41) is 0. The number of carbonyl (C=O) groups is 3. The Morgan fingerprint density at radius 1 is 0.317 bits per heavy atom. The van der Waals surface area contributed by atoms with Gasteiger partial charge in [-0.05, 0) is 64.2 Å². The molecule has 0 heterocycles. The Morgan fingerprint density at radius 3 is 0.883 bits per heavy atom. The van der Waals surface area contributed by atoms with Crippen LogP contribution in [0, 0.1) is 0 Å². The first-order chi connectivity index (χ1) is 29.5. The lowest BCUT2D eigenvalue weighted by Crippen LogP contribution is -2.30. The molecular formula is C54H100O6. The summed E-state index contributed by atoms with van der Waals surface area (Å²) in [6.45, 7) is 6.61. The predicted molar refractivity (Wildman–Crippen MR) is 256 cm³/mol. The van der Waals surface area contributed by atoms with E-state index < -0.39 is 6.10 Å². The molecule has 60 heavy (non-hydrogen) atoms. The second-order valence-corrected chi connectivity index (χ2v) is 17.8. The zero-order valence-corrected chi connectivity index (χ0v) is 40.2. The van der Waals surface area contributed by atoms with Crippen LogP contribution in [-0.4, -0.2) is 37.2 Å². The van der Waals surface area contributed by atoms with Crippen LogP contribution in [0.5, 0.6) is 0 Å². The maximum atomic E-state index is 12.8. The van der Waals surface area contributed by atoms with Crippen LogP contribution in [0.15, 0.2) is 24.3 Å². The Kier molecular flexibility index (Phi) is 47.8. The van der Waals surface area contributed by atoms with Crippen LogP contribution in [-0.2, 0) is 28.6 Å². The summed E-state index contributed by atoms with van der Waals surface area (Å²) < 4.78 is 16.8. The lowest BCUT2D eigenvalue weighted by molar-refractivity contribution is -0.167. The molecule has 0 amide bonds. The third-order valence-electron chi connectivity index (χ3n) is 11.7. The Bertz CT molecular complexity index is 973. The molecule has 0 bridgehead atoms. The van der Waals surface area contributed by atoms with E-state index in [4.69, 9.17) is 14.2 Å². The van der Waals surface area contributed by atoms with Crippen LogP contribution in [0.2, 0.25) is 0 Å². The monoisotopic (exact) mass is 845 g/mol. The first kappa shape index (κ1) is 57.9. The molecule has 0 aromatic rings. The Morgan fingerprint density at radius 2 is 0.567 bits per heavy atom. The third kappa shape index (κ3) is 46.9. The van der Waals surface area contributed by atoms with E-state index in [1.54, 1.807) is 0 Å². The summed E-state index contributed by atoms with van der Waals surface area (Å²) in [5.74, 6) is -0.883. The fourth-order valence-electron chi connectivity index (χ4n) is 7.65. The van der Waals surface area contributed by atoms with Crippen molar-refractivity contribution in [3.63, 3.8) is 0 Å². The van der Waals surface area contributed by atoms with Gasteiger partial charge in [0.25, 0.3) is 0 Å². The maximum absolute atomic E-state index is 12.8. The van der Waals surface area contributed by atoms with Crippen molar-refractivity contribution >= 4 is 17.9 Å². The summed E-state index contributed by atoms with van der Waals surface area (Å²) in [6.07, 6.45) is 55.9. The SMILES string of the molecule is CCCC/C=C\CCCCCCC(=O)OCC(COC(=O)CCCCCCC/C=C\CCCCCCCCC)OC(=O)CCCCCCCCCCCCCCCCCC. The van der Waals surface area contributed by atoms with Gasteiger partial charge in [-0.1, -0.05) is 225 Å². The van der Waals surface area contributed by atoms with Crippen molar-refractivity contribution in [1.29, 1.82) is 0 Å². The van der Waals surface area contributed by atoms with E-state index in [2.05, 4.69) is 45.1 Å². The van der Waals surface area contributed by atoms with Crippen molar-refractivity contribution in [2.45, 2.75) is 290 Å². The molecule has 0 saturated carbocycles. The van der Waals surface area contributed by atoms with Crippen LogP contribution in [0.25, 0.3) is 0 Å². The first-order valence-corrected chi connectivity index (χ1v) is 26.3. The molecule has 1 unspecified atom stereocenters. The molecule has 1 atom stereocenters. The minimum atomic E-state index is -0.773. The molecule has 0 rings (SSSR count). The van der Waals surface area contributed by atoms with E-state index in [-0.39, 0.29) is 31.1 Å². The summed E-state index contributed by atoms with van der Waals surface area (Å²) in [5.41, 5.74) is 0. The standard InChI is InChI=1S/C54H100O6/c1-4-7-10-13-16-19-22-24-26-28-30-32-35-38-41-44-47-53(56)59-50-51(49-58-52(55)46-43-40-37-34-21-18-15-12-9-6-3)60-54(57)48-45-42-39-36-33-31-29-27-25-23-20-17-14-11-8-5-2/h15,18,26,28,51H,4-14,16-17,19-25,27,29-50H2,1-3H3/b18-15-,28-26-. The van der Waals surface area contributed by atoms with Crippen molar-refractivity contribution in [1.82, 2.24) is 0 Å². The van der Waals surface area contributed by atoms with Crippen molar-refractivity contribution in [3.05, 3.63) is 24.3 Å².